The van der Waals surface area contributed by atoms with Crippen molar-refractivity contribution in [1.29, 1.82) is 0 Å². The first-order chi connectivity index (χ1) is 11.2. The number of nitrogens with one attached hydrogen (secondary N) is 1. The topological polar surface area (TPSA) is 77.0 Å². The van der Waals surface area contributed by atoms with Gasteiger partial charge in [0.15, 0.2) is 0 Å². The number of rotatable bonds is 5. The van der Waals surface area contributed by atoms with Crippen molar-refractivity contribution in [2.75, 3.05) is 13.2 Å². The Morgan fingerprint density at radius 3 is 3.09 bits per heavy atom. The molecule has 3 heterocycles. The minimum absolute atomic E-state index is 0.0449. The van der Waals surface area contributed by atoms with E-state index in [-0.39, 0.29) is 11.8 Å². The quantitative estimate of drug-likeness (QED) is 0.906. The zero-order chi connectivity index (χ0) is 16.1. The lowest BCUT2D eigenvalue weighted by Crippen LogP contribution is -2.26. The Labute approximate surface area is 139 Å². The van der Waals surface area contributed by atoms with Crippen molar-refractivity contribution >= 4 is 17.2 Å². The summed E-state index contributed by atoms with van der Waals surface area (Å²) in [7, 11) is 0. The number of aryl methyl sites for hydroxylation is 1. The molecule has 0 radical (unpaired) electrons. The molecule has 2 aromatic rings. The smallest absolute Gasteiger partial charge is 0.226 e. The molecule has 1 atom stereocenters. The summed E-state index contributed by atoms with van der Waals surface area (Å²) in [5.74, 6) is 1.03. The first-order valence-corrected chi connectivity index (χ1v) is 8.66. The first-order valence-electron chi connectivity index (χ1n) is 7.78. The van der Waals surface area contributed by atoms with Gasteiger partial charge in [0.05, 0.1) is 36.0 Å². The van der Waals surface area contributed by atoms with Crippen LogP contribution in [-0.2, 0) is 22.5 Å². The molecule has 7 heteroatoms. The molecule has 0 aromatic carbocycles. The molecule has 6 nitrogen and oxygen atoms in total. The van der Waals surface area contributed by atoms with Gasteiger partial charge < -0.3 is 10.1 Å². The summed E-state index contributed by atoms with van der Waals surface area (Å²) in [6, 6.07) is 1.83. The minimum atomic E-state index is -0.0449. The van der Waals surface area contributed by atoms with Gasteiger partial charge in [0.25, 0.3) is 0 Å². The molecular weight excluding hydrogens is 312 g/mol. The molecule has 1 aliphatic heterocycles. The van der Waals surface area contributed by atoms with Crippen molar-refractivity contribution in [3.8, 4) is 0 Å². The van der Waals surface area contributed by atoms with Gasteiger partial charge in [-0.1, -0.05) is 0 Å². The largest absolute Gasteiger partial charge is 0.381 e. The maximum Gasteiger partial charge on any atom is 0.226 e. The number of hydrogen-bond acceptors (Lipinski definition) is 6. The summed E-state index contributed by atoms with van der Waals surface area (Å²) in [4.78, 5) is 25.2. The molecular formula is C16H20N4O2S. The lowest BCUT2D eigenvalue weighted by Gasteiger charge is -2.20. The van der Waals surface area contributed by atoms with Crippen LogP contribution in [0.15, 0.2) is 17.6 Å². The van der Waals surface area contributed by atoms with Gasteiger partial charge in [-0.15, -0.1) is 11.3 Å². The van der Waals surface area contributed by atoms with Crippen LogP contribution in [0.5, 0.6) is 0 Å². The third-order valence-electron chi connectivity index (χ3n) is 3.73. The molecule has 0 bridgehead atoms. The Hall–Kier alpha value is -1.86. The second kappa shape index (κ2) is 7.61. The maximum atomic E-state index is 12.0. The molecule has 1 N–H and O–H groups in total. The van der Waals surface area contributed by atoms with Gasteiger partial charge in [0.1, 0.15) is 5.82 Å². The first kappa shape index (κ1) is 16.0. The molecule has 1 fully saturated rings. The van der Waals surface area contributed by atoms with Gasteiger partial charge in [-0.3, -0.25) is 4.79 Å². The standard InChI is InChI=1S/C16H20N4O2S/c1-11-19-14(10-23-11)7-15(21)18-8-13-4-5-17-16(20-13)12-3-2-6-22-9-12/h4-5,10,12H,2-3,6-9H2,1H3,(H,18,21)/t12-/m1/s1. The fourth-order valence-corrected chi connectivity index (χ4v) is 3.17. The van der Waals surface area contributed by atoms with Gasteiger partial charge in [-0.05, 0) is 25.8 Å². The number of ether oxygens (including phenoxy) is 1. The van der Waals surface area contributed by atoms with Crippen molar-refractivity contribution in [1.82, 2.24) is 20.3 Å². The van der Waals surface area contributed by atoms with E-state index in [1.165, 1.54) is 0 Å². The van der Waals surface area contributed by atoms with Gasteiger partial charge >= 0.3 is 0 Å². The third-order valence-corrected chi connectivity index (χ3v) is 4.55. The van der Waals surface area contributed by atoms with Crippen molar-refractivity contribution in [3.05, 3.63) is 39.9 Å². The van der Waals surface area contributed by atoms with E-state index in [0.717, 1.165) is 41.7 Å². The molecule has 1 aliphatic rings. The predicted octanol–water partition coefficient (Wildman–Crippen LogP) is 1.99. The Balaban J connectivity index is 1.54. The number of hydrogen-bond donors (Lipinski definition) is 1. The minimum Gasteiger partial charge on any atom is -0.381 e. The highest BCUT2D eigenvalue weighted by atomic mass is 32.1. The van der Waals surface area contributed by atoms with Crippen LogP contribution in [0, 0.1) is 6.92 Å². The van der Waals surface area contributed by atoms with Crippen molar-refractivity contribution in [2.45, 2.75) is 38.6 Å². The highest BCUT2D eigenvalue weighted by molar-refractivity contribution is 7.09. The summed E-state index contributed by atoms with van der Waals surface area (Å²) in [6.07, 6.45) is 4.15. The summed E-state index contributed by atoms with van der Waals surface area (Å²) < 4.78 is 5.49. The highest BCUT2D eigenvalue weighted by Crippen LogP contribution is 2.22. The normalized spacial score (nSPS) is 17.9. The van der Waals surface area contributed by atoms with E-state index in [4.69, 9.17) is 4.74 Å². The van der Waals surface area contributed by atoms with Crippen LogP contribution in [0.3, 0.4) is 0 Å². The molecule has 0 saturated carbocycles. The average Bonchev–Trinajstić information content (AvgIpc) is 2.99. The second-order valence-electron chi connectivity index (χ2n) is 5.63. The van der Waals surface area contributed by atoms with Gasteiger partial charge in [-0.2, -0.15) is 0 Å². The highest BCUT2D eigenvalue weighted by Gasteiger charge is 2.19. The molecule has 23 heavy (non-hydrogen) atoms. The number of thiazole rings is 1. The number of nitrogens with zero attached hydrogens (tertiary/aromatic N) is 3. The van der Waals surface area contributed by atoms with E-state index in [2.05, 4.69) is 20.3 Å². The van der Waals surface area contributed by atoms with Crippen LogP contribution >= 0.6 is 11.3 Å². The zero-order valence-electron chi connectivity index (χ0n) is 13.1. The van der Waals surface area contributed by atoms with E-state index in [1.54, 1.807) is 17.5 Å². The predicted molar refractivity (Wildman–Crippen MR) is 87.2 cm³/mol. The Bertz CT molecular complexity index is 668. The summed E-state index contributed by atoms with van der Waals surface area (Å²) in [6.45, 7) is 3.84. The van der Waals surface area contributed by atoms with Crippen LogP contribution in [0.25, 0.3) is 0 Å². The Kier molecular flexibility index (Phi) is 5.30. The molecule has 1 saturated heterocycles. The van der Waals surface area contributed by atoms with Crippen LogP contribution in [-0.4, -0.2) is 34.1 Å². The SMILES string of the molecule is Cc1nc(CC(=O)NCc2ccnc([C@@H]3CCCOC3)n2)cs1. The molecule has 0 unspecified atom stereocenters. The third kappa shape index (κ3) is 4.56. The Morgan fingerprint density at radius 1 is 1.43 bits per heavy atom. The molecule has 0 spiro atoms. The van der Waals surface area contributed by atoms with Crippen LogP contribution in [0.2, 0.25) is 0 Å². The lowest BCUT2D eigenvalue weighted by atomic mass is 10.0. The van der Waals surface area contributed by atoms with E-state index in [1.807, 2.05) is 18.4 Å². The van der Waals surface area contributed by atoms with E-state index >= 15 is 0 Å². The van der Waals surface area contributed by atoms with Crippen LogP contribution in [0.1, 0.15) is 41.0 Å². The lowest BCUT2D eigenvalue weighted by molar-refractivity contribution is -0.120. The number of amides is 1. The van der Waals surface area contributed by atoms with E-state index < -0.39 is 0 Å². The maximum absolute atomic E-state index is 12.0. The van der Waals surface area contributed by atoms with Crippen LogP contribution in [0.4, 0.5) is 0 Å². The molecule has 3 rings (SSSR count). The molecule has 2 aromatic heterocycles. The second-order valence-corrected chi connectivity index (χ2v) is 6.69. The van der Waals surface area contributed by atoms with Crippen molar-refractivity contribution in [2.24, 2.45) is 0 Å². The number of aromatic nitrogens is 3. The number of carbonyl (C=O) groups excluding carboxylic acids is 1. The van der Waals surface area contributed by atoms with Crippen molar-refractivity contribution in [3.63, 3.8) is 0 Å². The summed E-state index contributed by atoms with van der Waals surface area (Å²) >= 11 is 1.56. The van der Waals surface area contributed by atoms with Gasteiger partial charge in [0.2, 0.25) is 5.91 Å². The van der Waals surface area contributed by atoms with Crippen molar-refractivity contribution < 1.29 is 9.53 Å². The Morgan fingerprint density at radius 2 is 2.35 bits per heavy atom. The van der Waals surface area contributed by atoms with E-state index in [9.17, 15) is 4.79 Å². The number of carbonyl (C=O) groups is 1. The van der Waals surface area contributed by atoms with Gasteiger partial charge in [0, 0.05) is 24.1 Å². The van der Waals surface area contributed by atoms with Crippen LogP contribution < -0.4 is 5.32 Å². The van der Waals surface area contributed by atoms with Gasteiger partial charge in [-0.25, -0.2) is 15.0 Å². The fourth-order valence-electron chi connectivity index (χ4n) is 2.56. The van der Waals surface area contributed by atoms with E-state index in [0.29, 0.717) is 19.6 Å². The molecule has 0 aliphatic carbocycles. The summed E-state index contributed by atoms with van der Waals surface area (Å²) in [5.41, 5.74) is 1.64. The molecule has 122 valence electrons. The average molecular weight is 332 g/mol. The zero-order valence-corrected chi connectivity index (χ0v) is 13.9. The monoisotopic (exact) mass is 332 g/mol. The molecule has 1 amide bonds. The fraction of sp³-hybridized carbons (Fsp3) is 0.500. The summed E-state index contributed by atoms with van der Waals surface area (Å²) in [5, 5.41) is 5.78.